The van der Waals surface area contributed by atoms with Crippen molar-refractivity contribution in [2.75, 3.05) is 5.32 Å². The maximum absolute atomic E-state index is 12.6. The monoisotopic (exact) mass is 331 g/mol. The molecule has 1 N–H and O–H groups in total. The van der Waals surface area contributed by atoms with Gasteiger partial charge in [0, 0.05) is 6.20 Å². The van der Waals surface area contributed by atoms with Crippen molar-refractivity contribution in [3.05, 3.63) is 52.4 Å². The zero-order valence-electron chi connectivity index (χ0n) is 9.58. The predicted molar refractivity (Wildman–Crippen MR) is 68.5 cm³/mol. The molecule has 0 aliphatic carbocycles. The highest BCUT2D eigenvalue weighted by atomic mass is 79.9. The minimum absolute atomic E-state index is 0.130. The number of halogens is 4. The van der Waals surface area contributed by atoms with E-state index >= 15 is 0 Å². The van der Waals surface area contributed by atoms with Crippen LogP contribution in [0.5, 0.6) is 0 Å². The molecule has 0 fully saturated rings. The molecule has 0 spiro atoms. The lowest BCUT2D eigenvalue weighted by Gasteiger charge is -2.10. The predicted octanol–water partition coefficient (Wildman–Crippen LogP) is 3.87. The van der Waals surface area contributed by atoms with Crippen LogP contribution in [-0.4, -0.2) is 9.97 Å². The van der Waals surface area contributed by atoms with Gasteiger partial charge in [-0.3, -0.25) is 4.98 Å². The first-order valence-corrected chi connectivity index (χ1v) is 6.13. The van der Waals surface area contributed by atoms with Crippen LogP contribution in [0.1, 0.15) is 11.3 Å². The van der Waals surface area contributed by atoms with Crippen molar-refractivity contribution in [1.82, 2.24) is 9.97 Å². The second-order valence-corrected chi connectivity index (χ2v) is 4.55. The first kappa shape index (κ1) is 13.8. The van der Waals surface area contributed by atoms with E-state index in [-0.39, 0.29) is 10.4 Å². The first-order valence-electron chi connectivity index (χ1n) is 5.34. The summed E-state index contributed by atoms with van der Waals surface area (Å²) in [5, 5.41) is 2.81. The number of rotatable bonds is 3. The van der Waals surface area contributed by atoms with Crippen LogP contribution in [0.15, 0.2) is 41.1 Å². The Morgan fingerprint density at radius 2 is 2.00 bits per heavy atom. The minimum atomic E-state index is -4.40. The molecule has 0 amide bonds. The van der Waals surface area contributed by atoms with Crippen molar-refractivity contribution < 1.29 is 13.2 Å². The van der Waals surface area contributed by atoms with E-state index in [9.17, 15) is 13.2 Å². The van der Waals surface area contributed by atoms with Gasteiger partial charge in [0.1, 0.15) is 10.4 Å². The number of nitrogens with one attached hydrogen (secondary N) is 1. The maximum Gasteiger partial charge on any atom is 0.416 e. The zero-order chi connectivity index (χ0) is 13.9. The largest absolute Gasteiger partial charge is 0.416 e. The summed E-state index contributed by atoms with van der Waals surface area (Å²) in [5.41, 5.74) is -0.0317. The average molecular weight is 332 g/mol. The van der Waals surface area contributed by atoms with Gasteiger partial charge in [-0.2, -0.15) is 13.2 Å². The summed E-state index contributed by atoms with van der Waals surface area (Å²) in [5.74, 6) is 0.146. The van der Waals surface area contributed by atoms with Crippen LogP contribution in [0.4, 0.5) is 19.0 Å². The number of pyridine rings is 2. The lowest BCUT2D eigenvalue weighted by Crippen LogP contribution is -2.08. The maximum atomic E-state index is 12.6. The first-order chi connectivity index (χ1) is 8.95. The van der Waals surface area contributed by atoms with Crippen LogP contribution in [0.2, 0.25) is 0 Å². The quantitative estimate of drug-likeness (QED) is 0.867. The highest BCUT2D eigenvalue weighted by Gasteiger charge is 2.31. The molecule has 0 atom stereocenters. The molecule has 2 aromatic heterocycles. The van der Waals surface area contributed by atoms with Gasteiger partial charge in [0.25, 0.3) is 0 Å². The van der Waals surface area contributed by atoms with Crippen molar-refractivity contribution in [2.45, 2.75) is 12.7 Å². The second-order valence-electron chi connectivity index (χ2n) is 3.74. The molecule has 100 valence electrons. The number of hydrogen-bond acceptors (Lipinski definition) is 3. The summed E-state index contributed by atoms with van der Waals surface area (Å²) in [7, 11) is 0. The Labute approximate surface area is 116 Å². The van der Waals surface area contributed by atoms with Gasteiger partial charge in [-0.15, -0.1) is 0 Å². The fourth-order valence-electron chi connectivity index (χ4n) is 1.43. The van der Waals surface area contributed by atoms with E-state index in [1.54, 1.807) is 24.4 Å². The Kier molecular flexibility index (Phi) is 4.04. The van der Waals surface area contributed by atoms with E-state index in [1.807, 2.05) is 0 Å². The molecule has 0 saturated carbocycles. The summed E-state index contributed by atoms with van der Waals surface area (Å²) in [6.45, 7) is 0.307. The Hall–Kier alpha value is -1.63. The normalized spacial score (nSPS) is 11.4. The van der Waals surface area contributed by atoms with Gasteiger partial charge in [0.05, 0.1) is 17.8 Å². The molecule has 0 aliphatic heterocycles. The van der Waals surface area contributed by atoms with Crippen LogP contribution in [0.3, 0.4) is 0 Å². The zero-order valence-corrected chi connectivity index (χ0v) is 11.2. The van der Waals surface area contributed by atoms with Gasteiger partial charge in [0.15, 0.2) is 0 Å². The number of anilines is 1. The van der Waals surface area contributed by atoms with E-state index in [2.05, 4.69) is 31.2 Å². The molecule has 0 radical (unpaired) electrons. The minimum Gasteiger partial charge on any atom is -0.364 e. The van der Waals surface area contributed by atoms with E-state index in [0.717, 1.165) is 17.8 Å². The molecular weight excluding hydrogens is 323 g/mol. The Morgan fingerprint density at radius 3 is 2.63 bits per heavy atom. The smallest absolute Gasteiger partial charge is 0.364 e. The molecule has 0 saturated heterocycles. The van der Waals surface area contributed by atoms with E-state index < -0.39 is 11.7 Å². The van der Waals surface area contributed by atoms with Crippen LogP contribution >= 0.6 is 15.9 Å². The highest BCUT2D eigenvalue weighted by Crippen LogP contribution is 2.32. The Balaban J connectivity index is 2.15. The molecule has 0 unspecified atom stereocenters. The molecule has 0 aromatic carbocycles. The van der Waals surface area contributed by atoms with E-state index in [1.165, 1.54) is 0 Å². The number of alkyl halides is 3. The summed E-state index contributed by atoms with van der Waals surface area (Å²) in [6.07, 6.45) is -2.78. The van der Waals surface area contributed by atoms with Crippen LogP contribution in [0, 0.1) is 0 Å². The molecule has 2 rings (SSSR count). The van der Waals surface area contributed by atoms with Gasteiger partial charge < -0.3 is 5.32 Å². The highest BCUT2D eigenvalue weighted by molar-refractivity contribution is 9.10. The van der Waals surface area contributed by atoms with Gasteiger partial charge in [0.2, 0.25) is 0 Å². The molecule has 0 aliphatic rings. The Morgan fingerprint density at radius 1 is 1.21 bits per heavy atom. The SMILES string of the molecule is FC(F)(F)c1cc(Br)nc(NCc2ccccn2)c1. The molecule has 2 aromatic rings. The fourth-order valence-corrected chi connectivity index (χ4v) is 1.87. The van der Waals surface area contributed by atoms with E-state index in [0.29, 0.717) is 6.54 Å². The lowest BCUT2D eigenvalue weighted by atomic mass is 10.2. The number of hydrogen-bond donors (Lipinski definition) is 1. The van der Waals surface area contributed by atoms with Gasteiger partial charge in [-0.25, -0.2) is 4.98 Å². The third kappa shape index (κ3) is 3.92. The van der Waals surface area contributed by atoms with Crippen LogP contribution in [-0.2, 0) is 12.7 Å². The molecule has 2 heterocycles. The van der Waals surface area contributed by atoms with Gasteiger partial charge in [-0.05, 0) is 40.2 Å². The topological polar surface area (TPSA) is 37.8 Å². The average Bonchev–Trinajstić information content (AvgIpc) is 2.36. The lowest BCUT2D eigenvalue weighted by molar-refractivity contribution is -0.137. The molecule has 0 bridgehead atoms. The standard InChI is InChI=1S/C12H9BrF3N3/c13-10-5-8(12(14,15)16)6-11(19-10)18-7-9-3-1-2-4-17-9/h1-6H,7H2,(H,18,19). The summed E-state index contributed by atoms with van der Waals surface area (Å²) in [6, 6.07) is 7.25. The molecule has 7 heteroatoms. The van der Waals surface area contributed by atoms with Crippen LogP contribution < -0.4 is 5.32 Å². The van der Waals surface area contributed by atoms with Crippen molar-refractivity contribution in [2.24, 2.45) is 0 Å². The third-order valence-electron chi connectivity index (χ3n) is 2.30. The molecule has 19 heavy (non-hydrogen) atoms. The Bertz CT molecular complexity index is 558. The van der Waals surface area contributed by atoms with Crippen molar-refractivity contribution in [1.29, 1.82) is 0 Å². The molecule has 3 nitrogen and oxygen atoms in total. The summed E-state index contributed by atoms with van der Waals surface area (Å²) < 4.78 is 38.0. The van der Waals surface area contributed by atoms with Crippen molar-refractivity contribution in [3.63, 3.8) is 0 Å². The molecular formula is C12H9BrF3N3. The van der Waals surface area contributed by atoms with Crippen molar-refractivity contribution in [3.8, 4) is 0 Å². The fraction of sp³-hybridized carbons (Fsp3) is 0.167. The number of nitrogens with zero attached hydrogens (tertiary/aromatic N) is 2. The van der Waals surface area contributed by atoms with Crippen molar-refractivity contribution >= 4 is 21.7 Å². The summed E-state index contributed by atoms with van der Waals surface area (Å²) in [4.78, 5) is 8.00. The second kappa shape index (κ2) is 5.56. The van der Waals surface area contributed by atoms with Crippen LogP contribution in [0.25, 0.3) is 0 Å². The third-order valence-corrected chi connectivity index (χ3v) is 2.70. The summed E-state index contributed by atoms with van der Waals surface area (Å²) >= 11 is 2.96. The van der Waals surface area contributed by atoms with E-state index in [4.69, 9.17) is 0 Å². The number of aromatic nitrogens is 2. The van der Waals surface area contributed by atoms with Gasteiger partial charge >= 0.3 is 6.18 Å². The van der Waals surface area contributed by atoms with Gasteiger partial charge in [-0.1, -0.05) is 6.07 Å².